The molecule has 15 heavy (non-hydrogen) atoms. The van der Waals surface area contributed by atoms with Crippen LogP contribution in [0, 0.1) is 5.82 Å². The quantitative estimate of drug-likeness (QED) is 0.865. The lowest BCUT2D eigenvalue weighted by atomic mass is 10.2. The van der Waals surface area contributed by atoms with Gasteiger partial charge in [-0.2, -0.15) is 0 Å². The number of thioether (sulfide) groups is 1. The van der Waals surface area contributed by atoms with Crippen molar-refractivity contribution in [1.29, 1.82) is 0 Å². The molecular formula is C10H10ClFN2S. The SMILES string of the molecule is Fc1ccc(CNC2=NCCS2)cc1Cl. The van der Waals surface area contributed by atoms with Gasteiger partial charge < -0.3 is 5.32 Å². The number of hydrogen-bond acceptors (Lipinski definition) is 3. The average Bonchev–Trinajstić information content (AvgIpc) is 2.73. The van der Waals surface area contributed by atoms with Crippen molar-refractivity contribution >= 4 is 28.5 Å². The lowest BCUT2D eigenvalue weighted by Crippen LogP contribution is -2.18. The van der Waals surface area contributed by atoms with Crippen LogP contribution in [-0.2, 0) is 6.54 Å². The molecule has 0 saturated carbocycles. The number of benzene rings is 1. The molecule has 0 aromatic heterocycles. The van der Waals surface area contributed by atoms with E-state index in [-0.39, 0.29) is 10.8 Å². The molecule has 1 N–H and O–H groups in total. The highest BCUT2D eigenvalue weighted by molar-refractivity contribution is 8.14. The van der Waals surface area contributed by atoms with E-state index in [9.17, 15) is 4.39 Å². The Morgan fingerprint density at radius 3 is 3.07 bits per heavy atom. The van der Waals surface area contributed by atoms with E-state index in [1.165, 1.54) is 6.07 Å². The second-order valence-corrected chi connectivity index (χ2v) is 4.63. The number of aliphatic imine (C=N–C) groups is 1. The molecule has 1 aromatic carbocycles. The van der Waals surface area contributed by atoms with Gasteiger partial charge in [0.2, 0.25) is 0 Å². The van der Waals surface area contributed by atoms with Crippen LogP contribution in [0.15, 0.2) is 23.2 Å². The number of nitrogens with one attached hydrogen (secondary N) is 1. The highest BCUT2D eigenvalue weighted by Crippen LogP contribution is 2.16. The van der Waals surface area contributed by atoms with Gasteiger partial charge in [-0.05, 0) is 17.7 Å². The number of amidine groups is 1. The fraction of sp³-hybridized carbons (Fsp3) is 0.300. The van der Waals surface area contributed by atoms with Crippen molar-refractivity contribution in [2.24, 2.45) is 4.99 Å². The maximum absolute atomic E-state index is 12.9. The van der Waals surface area contributed by atoms with Gasteiger partial charge in [0.15, 0.2) is 5.17 Å². The fourth-order valence-electron chi connectivity index (χ4n) is 1.27. The fourth-order valence-corrected chi connectivity index (χ4v) is 2.21. The molecule has 2 rings (SSSR count). The summed E-state index contributed by atoms with van der Waals surface area (Å²) in [7, 11) is 0. The van der Waals surface area contributed by atoms with Gasteiger partial charge in [-0.1, -0.05) is 29.4 Å². The van der Waals surface area contributed by atoms with Crippen molar-refractivity contribution in [1.82, 2.24) is 5.32 Å². The van der Waals surface area contributed by atoms with Crippen LogP contribution in [0.1, 0.15) is 5.56 Å². The van der Waals surface area contributed by atoms with Crippen molar-refractivity contribution in [3.05, 3.63) is 34.6 Å². The number of nitrogens with zero attached hydrogens (tertiary/aromatic N) is 1. The lowest BCUT2D eigenvalue weighted by Gasteiger charge is -2.05. The standard InChI is InChI=1S/C10H10ClFN2S/c11-8-5-7(1-2-9(8)12)6-14-10-13-3-4-15-10/h1-2,5H,3-4,6H2,(H,13,14). The van der Waals surface area contributed by atoms with Gasteiger partial charge in [0, 0.05) is 12.3 Å². The van der Waals surface area contributed by atoms with E-state index in [4.69, 9.17) is 11.6 Å². The van der Waals surface area contributed by atoms with E-state index in [0.29, 0.717) is 6.54 Å². The molecule has 80 valence electrons. The summed E-state index contributed by atoms with van der Waals surface area (Å²) in [5, 5.41) is 4.29. The molecule has 0 bridgehead atoms. The summed E-state index contributed by atoms with van der Waals surface area (Å²) in [6.07, 6.45) is 0. The van der Waals surface area contributed by atoms with Crippen molar-refractivity contribution in [3.8, 4) is 0 Å². The molecule has 2 nitrogen and oxygen atoms in total. The zero-order valence-corrected chi connectivity index (χ0v) is 9.54. The normalized spacial score (nSPS) is 15.2. The van der Waals surface area contributed by atoms with Gasteiger partial charge in [-0.3, -0.25) is 4.99 Å². The zero-order chi connectivity index (χ0) is 10.7. The number of rotatable bonds is 2. The summed E-state index contributed by atoms with van der Waals surface area (Å²) in [5.41, 5.74) is 0.955. The molecule has 1 aliphatic rings. The van der Waals surface area contributed by atoms with E-state index >= 15 is 0 Å². The third-order valence-electron chi connectivity index (χ3n) is 2.01. The molecule has 0 atom stereocenters. The van der Waals surface area contributed by atoms with Crippen molar-refractivity contribution in [3.63, 3.8) is 0 Å². The summed E-state index contributed by atoms with van der Waals surface area (Å²) in [6.45, 7) is 1.50. The Labute approximate surface area is 96.9 Å². The monoisotopic (exact) mass is 244 g/mol. The van der Waals surface area contributed by atoms with Crippen LogP contribution in [0.3, 0.4) is 0 Å². The Morgan fingerprint density at radius 2 is 2.40 bits per heavy atom. The van der Waals surface area contributed by atoms with Crippen LogP contribution >= 0.6 is 23.4 Å². The number of hydrogen-bond donors (Lipinski definition) is 1. The molecular weight excluding hydrogens is 235 g/mol. The Bertz CT molecular complexity index is 395. The second kappa shape index (κ2) is 4.86. The first-order valence-electron chi connectivity index (χ1n) is 4.61. The summed E-state index contributed by atoms with van der Waals surface area (Å²) in [4.78, 5) is 4.25. The summed E-state index contributed by atoms with van der Waals surface area (Å²) >= 11 is 7.37. The van der Waals surface area contributed by atoms with Gasteiger partial charge in [0.25, 0.3) is 0 Å². The maximum Gasteiger partial charge on any atom is 0.156 e. The second-order valence-electron chi connectivity index (χ2n) is 3.14. The third kappa shape index (κ3) is 2.86. The molecule has 1 heterocycles. The molecule has 0 saturated heterocycles. The molecule has 0 amide bonds. The lowest BCUT2D eigenvalue weighted by molar-refractivity contribution is 0.627. The molecule has 1 aromatic rings. The topological polar surface area (TPSA) is 24.4 Å². The molecule has 0 radical (unpaired) electrons. The molecule has 0 fully saturated rings. The van der Waals surface area contributed by atoms with Gasteiger partial charge >= 0.3 is 0 Å². The van der Waals surface area contributed by atoms with Gasteiger partial charge in [-0.15, -0.1) is 0 Å². The van der Waals surface area contributed by atoms with Crippen LogP contribution < -0.4 is 5.32 Å². The van der Waals surface area contributed by atoms with Crippen LogP contribution in [0.4, 0.5) is 4.39 Å². The Morgan fingerprint density at radius 1 is 1.53 bits per heavy atom. The van der Waals surface area contributed by atoms with Crippen LogP contribution in [-0.4, -0.2) is 17.5 Å². The predicted molar refractivity (Wildman–Crippen MR) is 63.0 cm³/mol. The highest BCUT2D eigenvalue weighted by Gasteiger charge is 2.06. The first-order valence-corrected chi connectivity index (χ1v) is 5.97. The van der Waals surface area contributed by atoms with Gasteiger partial charge in [-0.25, -0.2) is 4.39 Å². The van der Waals surface area contributed by atoms with Crippen LogP contribution in [0.2, 0.25) is 5.02 Å². The average molecular weight is 245 g/mol. The van der Waals surface area contributed by atoms with Crippen LogP contribution in [0.5, 0.6) is 0 Å². The smallest absolute Gasteiger partial charge is 0.156 e. The van der Waals surface area contributed by atoms with E-state index < -0.39 is 0 Å². The Balaban J connectivity index is 1.96. The van der Waals surface area contributed by atoms with E-state index in [2.05, 4.69) is 10.3 Å². The number of halogens is 2. The third-order valence-corrected chi connectivity index (χ3v) is 3.24. The first kappa shape index (κ1) is 10.8. The van der Waals surface area contributed by atoms with Gasteiger partial charge in [0.1, 0.15) is 5.82 Å². The van der Waals surface area contributed by atoms with Crippen molar-refractivity contribution in [2.45, 2.75) is 6.54 Å². The minimum absolute atomic E-state index is 0.162. The van der Waals surface area contributed by atoms with E-state index in [1.807, 2.05) is 0 Å². The molecule has 1 aliphatic heterocycles. The minimum Gasteiger partial charge on any atom is -0.361 e. The highest BCUT2D eigenvalue weighted by atomic mass is 35.5. The molecule has 0 spiro atoms. The van der Waals surface area contributed by atoms with Crippen molar-refractivity contribution in [2.75, 3.05) is 12.3 Å². The minimum atomic E-state index is -0.381. The van der Waals surface area contributed by atoms with E-state index in [0.717, 1.165) is 23.0 Å². The largest absolute Gasteiger partial charge is 0.361 e. The molecule has 0 unspecified atom stereocenters. The van der Waals surface area contributed by atoms with Gasteiger partial charge in [0.05, 0.1) is 11.6 Å². The summed E-state index contributed by atoms with van der Waals surface area (Å²) < 4.78 is 12.9. The van der Waals surface area contributed by atoms with E-state index in [1.54, 1.807) is 23.9 Å². The molecule has 0 aliphatic carbocycles. The van der Waals surface area contributed by atoms with Crippen molar-refractivity contribution < 1.29 is 4.39 Å². The molecule has 5 heteroatoms. The zero-order valence-electron chi connectivity index (χ0n) is 7.96. The van der Waals surface area contributed by atoms with Crippen LogP contribution in [0.25, 0.3) is 0 Å². The Hall–Kier alpha value is -0.740. The predicted octanol–water partition coefficient (Wildman–Crippen LogP) is 2.67. The maximum atomic E-state index is 12.9. The Kier molecular flexibility index (Phi) is 3.49. The summed E-state index contributed by atoms with van der Waals surface area (Å²) in [6, 6.07) is 4.72. The summed E-state index contributed by atoms with van der Waals surface area (Å²) in [5.74, 6) is 0.653. The first-order chi connectivity index (χ1) is 7.25.